The Labute approximate surface area is 157 Å². The van der Waals surface area contributed by atoms with Crippen LogP contribution in [-0.2, 0) is 9.31 Å². The van der Waals surface area contributed by atoms with Gasteiger partial charge in [0.15, 0.2) is 0 Å². The highest BCUT2D eigenvalue weighted by Gasteiger charge is 2.34. The van der Waals surface area contributed by atoms with Gasteiger partial charge in [0, 0.05) is 38.0 Å². The molecule has 0 atom stereocenters. The quantitative estimate of drug-likeness (QED) is 0.590. The van der Waals surface area contributed by atoms with Crippen LogP contribution < -0.4 is 4.78 Å². The molecule has 1 aromatic carbocycles. The lowest BCUT2D eigenvalue weighted by molar-refractivity contribution is 0.0346. The molecule has 0 aliphatic carbocycles. The Kier molecular flexibility index (Phi) is 4.59. The number of thiophene rings is 2. The first-order chi connectivity index (χ1) is 12.0. The fourth-order valence-corrected chi connectivity index (χ4v) is 4.92. The highest BCUT2D eigenvalue weighted by Crippen LogP contribution is 2.36. The maximum atomic E-state index is 5.91. The van der Waals surface area contributed by atoms with Crippen LogP contribution in [0, 0.1) is 12.3 Å². The fraction of sp³-hybridized carbons (Fsp3) is 0.300. The molecule has 0 N–H and O–H groups in total. The number of rotatable bonds is 3. The van der Waals surface area contributed by atoms with Crippen molar-refractivity contribution < 1.29 is 9.31 Å². The first-order valence-electron chi connectivity index (χ1n) is 8.50. The van der Waals surface area contributed by atoms with E-state index in [1.807, 2.05) is 11.3 Å². The van der Waals surface area contributed by atoms with Crippen molar-refractivity contribution in [3.63, 3.8) is 0 Å². The predicted molar refractivity (Wildman–Crippen MR) is 109 cm³/mol. The molecule has 2 aromatic heterocycles. The second kappa shape index (κ2) is 6.73. The standard InChI is InChI=1S/C20H21BO2S2/c1-14-4-6-15(7-5-14)16-8-9-17(24-16)18-10-11-19(25-18)21-22-12-20(2,3)13-23-21/h4-11H,12-13H2,1-3H3. The van der Waals surface area contributed by atoms with E-state index in [2.05, 4.69) is 69.3 Å². The summed E-state index contributed by atoms with van der Waals surface area (Å²) in [7, 11) is -0.219. The Bertz CT molecular complexity index is 854. The minimum absolute atomic E-state index is 0.104. The van der Waals surface area contributed by atoms with Gasteiger partial charge in [0.2, 0.25) is 0 Å². The molecule has 0 amide bonds. The number of hydrogen-bond donors (Lipinski definition) is 0. The van der Waals surface area contributed by atoms with Gasteiger partial charge in [0.25, 0.3) is 0 Å². The normalized spacial score (nSPS) is 17.0. The summed E-state index contributed by atoms with van der Waals surface area (Å²) < 4.78 is 13.0. The van der Waals surface area contributed by atoms with Crippen molar-refractivity contribution in [2.75, 3.05) is 13.2 Å². The van der Waals surface area contributed by atoms with Crippen LogP contribution in [0.1, 0.15) is 19.4 Å². The molecule has 0 spiro atoms. The third-order valence-electron chi connectivity index (χ3n) is 4.29. The molecule has 4 rings (SSSR count). The van der Waals surface area contributed by atoms with Gasteiger partial charge in [-0.05, 0) is 30.7 Å². The summed E-state index contributed by atoms with van der Waals surface area (Å²) in [5.41, 5.74) is 2.67. The van der Waals surface area contributed by atoms with Crippen molar-refractivity contribution >= 4 is 34.6 Å². The molecular weight excluding hydrogens is 347 g/mol. The van der Waals surface area contributed by atoms with Crippen molar-refractivity contribution in [3.8, 4) is 20.2 Å². The van der Waals surface area contributed by atoms with Crippen molar-refractivity contribution in [1.82, 2.24) is 0 Å². The van der Waals surface area contributed by atoms with Crippen LogP contribution in [-0.4, -0.2) is 20.3 Å². The van der Waals surface area contributed by atoms with Gasteiger partial charge in [-0.15, -0.1) is 22.7 Å². The highest BCUT2D eigenvalue weighted by molar-refractivity contribution is 7.28. The summed E-state index contributed by atoms with van der Waals surface area (Å²) in [5.74, 6) is 0. The van der Waals surface area contributed by atoms with Gasteiger partial charge >= 0.3 is 7.12 Å². The van der Waals surface area contributed by atoms with Crippen LogP contribution in [0.2, 0.25) is 0 Å². The van der Waals surface area contributed by atoms with E-state index in [4.69, 9.17) is 9.31 Å². The molecule has 3 heterocycles. The van der Waals surface area contributed by atoms with Gasteiger partial charge in [-0.1, -0.05) is 49.7 Å². The molecule has 0 unspecified atom stereocenters. The van der Waals surface area contributed by atoms with Gasteiger partial charge in [-0.2, -0.15) is 0 Å². The molecule has 1 aliphatic rings. The second-order valence-corrected chi connectivity index (χ2v) is 9.55. The topological polar surface area (TPSA) is 18.5 Å². The lowest BCUT2D eigenvalue weighted by atomic mass is 9.82. The smallest absolute Gasteiger partial charge is 0.406 e. The monoisotopic (exact) mass is 368 g/mol. The average Bonchev–Trinajstić information content (AvgIpc) is 3.24. The molecule has 2 nitrogen and oxygen atoms in total. The summed E-state index contributed by atoms with van der Waals surface area (Å²) in [6, 6.07) is 17.4. The first-order valence-corrected chi connectivity index (χ1v) is 10.1. The maximum absolute atomic E-state index is 5.91. The van der Waals surface area contributed by atoms with Crippen molar-refractivity contribution in [2.45, 2.75) is 20.8 Å². The molecule has 1 aliphatic heterocycles. The Balaban J connectivity index is 1.52. The minimum atomic E-state index is -0.219. The van der Waals surface area contributed by atoms with Crippen molar-refractivity contribution in [1.29, 1.82) is 0 Å². The average molecular weight is 368 g/mol. The van der Waals surface area contributed by atoms with Gasteiger partial charge in [0.1, 0.15) is 0 Å². The van der Waals surface area contributed by atoms with E-state index in [1.54, 1.807) is 11.3 Å². The van der Waals surface area contributed by atoms with E-state index >= 15 is 0 Å². The lowest BCUT2D eigenvalue weighted by Gasteiger charge is -2.32. The largest absolute Gasteiger partial charge is 0.504 e. The highest BCUT2D eigenvalue weighted by atomic mass is 32.1. The van der Waals surface area contributed by atoms with Crippen LogP contribution in [0.4, 0.5) is 0 Å². The molecule has 128 valence electrons. The van der Waals surface area contributed by atoms with E-state index in [0.29, 0.717) is 0 Å². The van der Waals surface area contributed by atoms with Crippen LogP contribution in [0.25, 0.3) is 20.2 Å². The van der Waals surface area contributed by atoms with E-state index in [1.165, 1.54) is 25.8 Å². The Hall–Kier alpha value is -1.40. The van der Waals surface area contributed by atoms with Crippen LogP contribution in [0.3, 0.4) is 0 Å². The molecule has 1 fully saturated rings. The summed E-state index contributed by atoms with van der Waals surface area (Å²) in [5, 5.41) is 0. The molecule has 0 saturated carbocycles. The van der Waals surface area contributed by atoms with Gasteiger partial charge in [-0.25, -0.2) is 0 Å². The van der Waals surface area contributed by atoms with E-state index < -0.39 is 0 Å². The molecule has 0 bridgehead atoms. The van der Waals surface area contributed by atoms with E-state index in [0.717, 1.165) is 18.0 Å². The van der Waals surface area contributed by atoms with E-state index in [9.17, 15) is 0 Å². The molecule has 0 radical (unpaired) electrons. The van der Waals surface area contributed by atoms with Crippen LogP contribution in [0.5, 0.6) is 0 Å². The number of benzene rings is 1. The summed E-state index contributed by atoms with van der Waals surface area (Å²) in [4.78, 5) is 3.87. The van der Waals surface area contributed by atoms with Crippen LogP contribution >= 0.6 is 22.7 Å². The fourth-order valence-electron chi connectivity index (χ4n) is 2.81. The Morgan fingerprint density at radius 3 is 2.12 bits per heavy atom. The zero-order valence-corrected chi connectivity index (χ0v) is 16.4. The molecule has 1 saturated heterocycles. The van der Waals surface area contributed by atoms with Gasteiger partial charge in [0.05, 0.1) is 0 Å². The predicted octanol–water partition coefficient (Wildman–Crippen LogP) is 5.22. The third kappa shape index (κ3) is 3.75. The van der Waals surface area contributed by atoms with E-state index in [-0.39, 0.29) is 12.5 Å². The number of hydrogen-bond acceptors (Lipinski definition) is 4. The molecule has 5 heteroatoms. The molecule has 25 heavy (non-hydrogen) atoms. The Morgan fingerprint density at radius 2 is 1.40 bits per heavy atom. The van der Waals surface area contributed by atoms with Gasteiger partial charge < -0.3 is 9.31 Å². The zero-order valence-electron chi connectivity index (χ0n) is 14.7. The summed E-state index contributed by atoms with van der Waals surface area (Å²) in [6.07, 6.45) is 0. The van der Waals surface area contributed by atoms with Crippen molar-refractivity contribution in [2.24, 2.45) is 5.41 Å². The molecular formula is C20H21BO2S2. The van der Waals surface area contributed by atoms with Gasteiger partial charge in [-0.3, -0.25) is 0 Å². The SMILES string of the molecule is Cc1ccc(-c2ccc(-c3ccc(B4OCC(C)(C)CO4)s3)s2)cc1. The minimum Gasteiger partial charge on any atom is -0.406 e. The van der Waals surface area contributed by atoms with Crippen molar-refractivity contribution in [3.05, 3.63) is 54.1 Å². The Morgan fingerprint density at radius 1 is 0.800 bits per heavy atom. The second-order valence-electron chi connectivity index (χ2n) is 7.35. The first kappa shape index (κ1) is 17.0. The third-order valence-corrected chi connectivity index (χ3v) is 6.73. The lowest BCUT2D eigenvalue weighted by Crippen LogP contribution is -2.46. The zero-order chi connectivity index (χ0) is 17.4. The summed E-state index contributed by atoms with van der Waals surface area (Å²) >= 11 is 3.60. The maximum Gasteiger partial charge on any atom is 0.504 e. The summed E-state index contributed by atoms with van der Waals surface area (Å²) in [6.45, 7) is 7.93. The number of aryl methyl sites for hydroxylation is 1. The van der Waals surface area contributed by atoms with Crippen LogP contribution in [0.15, 0.2) is 48.5 Å². The molecule has 3 aromatic rings.